The molecule has 1 N–H and O–H groups in total. The molecular weight excluding hydrogens is 294 g/mol. The number of hydrogen-bond donors (Lipinski definition) is 1. The number of thioether (sulfide) groups is 1. The highest BCUT2D eigenvalue weighted by molar-refractivity contribution is 8.02. The average Bonchev–Trinajstić information content (AvgIpc) is 2.77. The molecule has 1 heterocycles. The summed E-state index contributed by atoms with van der Waals surface area (Å²) in [5.41, 5.74) is 1.06. The lowest BCUT2D eigenvalue weighted by atomic mass is 10.1. The minimum Gasteiger partial charge on any atom is -0.349 e. The zero-order valence-electron chi connectivity index (χ0n) is 11.4. The molecule has 0 radical (unpaired) electrons. The molecule has 0 saturated carbocycles. The first-order chi connectivity index (χ1) is 9.46. The van der Waals surface area contributed by atoms with E-state index in [0.29, 0.717) is 12.2 Å². The van der Waals surface area contributed by atoms with Crippen molar-refractivity contribution in [3.63, 3.8) is 0 Å². The van der Waals surface area contributed by atoms with Crippen LogP contribution in [0.4, 0.5) is 0 Å². The van der Waals surface area contributed by atoms with Gasteiger partial charge in [-0.25, -0.2) is 8.42 Å². The van der Waals surface area contributed by atoms with Crippen molar-refractivity contribution >= 4 is 27.5 Å². The van der Waals surface area contributed by atoms with E-state index >= 15 is 0 Å². The van der Waals surface area contributed by atoms with Crippen molar-refractivity contribution in [3.8, 4) is 0 Å². The van der Waals surface area contributed by atoms with Crippen LogP contribution in [0.15, 0.2) is 30.3 Å². The molecule has 4 nitrogen and oxygen atoms in total. The molecule has 0 spiro atoms. The molecule has 0 unspecified atom stereocenters. The number of amides is 1. The van der Waals surface area contributed by atoms with Gasteiger partial charge in [0.25, 0.3) is 0 Å². The standard InChI is InChI=1S/C14H19NO3S2/c1-11(12-5-3-2-4-6-12)15-14(16)9-19-13-7-8-20(17,18)10-13/h2-6,11,13H,7-10H2,1H3,(H,15,16)/t11-,13-/m0/s1. The van der Waals surface area contributed by atoms with Gasteiger partial charge >= 0.3 is 0 Å². The predicted molar refractivity (Wildman–Crippen MR) is 82.5 cm³/mol. The molecule has 0 aromatic heterocycles. The Kier molecular flexibility index (Phi) is 5.10. The van der Waals surface area contributed by atoms with E-state index in [4.69, 9.17) is 0 Å². The van der Waals surface area contributed by atoms with Crippen LogP contribution < -0.4 is 5.32 Å². The molecule has 2 atom stereocenters. The molecule has 0 bridgehead atoms. The first-order valence-electron chi connectivity index (χ1n) is 6.62. The van der Waals surface area contributed by atoms with E-state index in [1.165, 1.54) is 11.8 Å². The SMILES string of the molecule is C[C@H](NC(=O)CS[C@H]1CCS(=O)(=O)C1)c1ccccc1. The van der Waals surface area contributed by atoms with E-state index in [-0.39, 0.29) is 28.7 Å². The lowest BCUT2D eigenvalue weighted by Crippen LogP contribution is -2.29. The molecule has 6 heteroatoms. The molecule has 2 rings (SSSR count). The Hall–Kier alpha value is -1.01. The van der Waals surface area contributed by atoms with Crippen LogP contribution in [-0.2, 0) is 14.6 Å². The highest BCUT2D eigenvalue weighted by atomic mass is 32.2. The number of hydrogen-bond acceptors (Lipinski definition) is 4. The summed E-state index contributed by atoms with van der Waals surface area (Å²) in [6, 6.07) is 9.74. The van der Waals surface area contributed by atoms with Gasteiger partial charge in [0.2, 0.25) is 5.91 Å². The molecular formula is C14H19NO3S2. The van der Waals surface area contributed by atoms with Gasteiger partial charge in [-0.2, -0.15) is 0 Å². The molecule has 1 aromatic rings. The third kappa shape index (κ3) is 4.52. The van der Waals surface area contributed by atoms with E-state index in [1.807, 2.05) is 37.3 Å². The van der Waals surface area contributed by atoms with Crippen molar-refractivity contribution in [3.05, 3.63) is 35.9 Å². The van der Waals surface area contributed by atoms with Crippen LogP contribution in [0.3, 0.4) is 0 Å². The summed E-state index contributed by atoms with van der Waals surface area (Å²) >= 11 is 1.44. The summed E-state index contributed by atoms with van der Waals surface area (Å²) in [7, 11) is -2.86. The molecule has 1 fully saturated rings. The fraction of sp³-hybridized carbons (Fsp3) is 0.500. The van der Waals surface area contributed by atoms with E-state index in [9.17, 15) is 13.2 Å². The third-order valence-electron chi connectivity index (χ3n) is 3.32. The first-order valence-corrected chi connectivity index (χ1v) is 9.49. The van der Waals surface area contributed by atoms with Crippen molar-refractivity contribution in [2.75, 3.05) is 17.3 Å². The number of carbonyl (C=O) groups excluding carboxylic acids is 1. The van der Waals surface area contributed by atoms with Crippen LogP contribution in [0.25, 0.3) is 0 Å². The Morgan fingerprint density at radius 2 is 2.10 bits per heavy atom. The molecule has 1 aromatic carbocycles. The monoisotopic (exact) mass is 313 g/mol. The maximum absolute atomic E-state index is 11.9. The zero-order chi connectivity index (χ0) is 14.6. The molecule has 1 aliphatic heterocycles. The Bertz CT molecular complexity index is 557. The molecule has 110 valence electrons. The Morgan fingerprint density at radius 3 is 2.70 bits per heavy atom. The van der Waals surface area contributed by atoms with Crippen LogP contribution >= 0.6 is 11.8 Å². The van der Waals surface area contributed by atoms with E-state index < -0.39 is 9.84 Å². The maximum atomic E-state index is 11.9. The van der Waals surface area contributed by atoms with Crippen LogP contribution in [0.1, 0.15) is 24.9 Å². The van der Waals surface area contributed by atoms with Gasteiger partial charge in [-0.3, -0.25) is 4.79 Å². The van der Waals surface area contributed by atoms with E-state index in [2.05, 4.69) is 5.32 Å². The summed E-state index contributed by atoms with van der Waals surface area (Å²) < 4.78 is 22.7. The second-order valence-electron chi connectivity index (χ2n) is 5.04. The molecule has 1 aliphatic rings. The van der Waals surface area contributed by atoms with Crippen LogP contribution in [0.2, 0.25) is 0 Å². The van der Waals surface area contributed by atoms with Crippen molar-refractivity contribution < 1.29 is 13.2 Å². The van der Waals surface area contributed by atoms with Crippen molar-refractivity contribution in [1.82, 2.24) is 5.32 Å². The van der Waals surface area contributed by atoms with Gasteiger partial charge in [0, 0.05) is 5.25 Å². The number of nitrogens with one attached hydrogen (secondary N) is 1. The summed E-state index contributed by atoms with van der Waals surface area (Å²) in [5.74, 6) is 0.735. The molecule has 20 heavy (non-hydrogen) atoms. The topological polar surface area (TPSA) is 63.2 Å². The van der Waals surface area contributed by atoms with E-state index in [1.54, 1.807) is 0 Å². The molecule has 0 aliphatic carbocycles. The number of rotatable bonds is 5. The largest absolute Gasteiger partial charge is 0.349 e. The second kappa shape index (κ2) is 6.63. The van der Waals surface area contributed by atoms with Gasteiger partial charge in [-0.15, -0.1) is 11.8 Å². The summed E-state index contributed by atoms with van der Waals surface area (Å²) in [4.78, 5) is 11.9. The third-order valence-corrected chi connectivity index (χ3v) is 6.60. The number of sulfone groups is 1. The summed E-state index contributed by atoms with van der Waals surface area (Å²) in [6.07, 6.45) is 0.661. The number of benzene rings is 1. The first kappa shape index (κ1) is 15.4. The van der Waals surface area contributed by atoms with E-state index in [0.717, 1.165) is 5.56 Å². The average molecular weight is 313 g/mol. The predicted octanol–water partition coefficient (Wildman–Crippen LogP) is 1.78. The Balaban J connectivity index is 1.76. The van der Waals surface area contributed by atoms with Crippen molar-refractivity contribution in [2.45, 2.75) is 24.6 Å². The quantitative estimate of drug-likeness (QED) is 0.900. The maximum Gasteiger partial charge on any atom is 0.230 e. The minimum absolute atomic E-state index is 0.0309. The van der Waals surface area contributed by atoms with Gasteiger partial charge in [0.05, 0.1) is 23.3 Å². The fourth-order valence-corrected chi connectivity index (χ4v) is 5.65. The lowest BCUT2D eigenvalue weighted by Gasteiger charge is -2.15. The number of carbonyl (C=O) groups is 1. The highest BCUT2D eigenvalue weighted by Crippen LogP contribution is 2.24. The van der Waals surface area contributed by atoms with Gasteiger partial charge in [0.15, 0.2) is 9.84 Å². The van der Waals surface area contributed by atoms with Gasteiger partial charge in [-0.1, -0.05) is 30.3 Å². The van der Waals surface area contributed by atoms with Gasteiger partial charge in [0.1, 0.15) is 0 Å². The van der Waals surface area contributed by atoms with Crippen molar-refractivity contribution in [1.29, 1.82) is 0 Å². The molecule has 1 amide bonds. The molecule has 1 saturated heterocycles. The van der Waals surface area contributed by atoms with Crippen LogP contribution in [0.5, 0.6) is 0 Å². The highest BCUT2D eigenvalue weighted by Gasteiger charge is 2.28. The summed E-state index contributed by atoms with van der Waals surface area (Å²) in [6.45, 7) is 1.94. The van der Waals surface area contributed by atoms with Crippen molar-refractivity contribution in [2.24, 2.45) is 0 Å². The normalized spacial score (nSPS) is 22.4. The van der Waals surface area contributed by atoms with Gasteiger partial charge in [-0.05, 0) is 18.9 Å². The smallest absolute Gasteiger partial charge is 0.230 e. The van der Waals surface area contributed by atoms with Crippen LogP contribution in [0, 0.1) is 0 Å². The Morgan fingerprint density at radius 1 is 1.40 bits per heavy atom. The van der Waals surface area contributed by atoms with Gasteiger partial charge < -0.3 is 5.32 Å². The summed E-state index contributed by atoms with van der Waals surface area (Å²) in [5, 5.41) is 3.00. The second-order valence-corrected chi connectivity index (χ2v) is 8.55. The lowest BCUT2D eigenvalue weighted by molar-refractivity contribution is -0.119. The van der Waals surface area contributed by atoms with Crippen LogP contribution in [-0.4, -0.2) is 36.8 Å². The zero-order valence-corrected chi connectivity index (χ0v) is 13.0. The fourth-order valence-electron chi connectivity index (χ4n) is 2.19. The minimum atomic E-state index is -2.86. The Labute approximate surface area is 124 Å².